The molecule has 0 radical (unpaired) electrons. The van der Waals surface area contributed by atoms with E-state index in [1.807, 2.05) is 22.9 Å². The molecular formula is C18H22N2O. The Morgan fingerprint density at radius 2 is 1.81 bits per heavy atom. The summed E-state index contributed by atoms with van der Waals surface area (Å²) in [6.07, 6.45) is 5.14. The molecule has 1 saturated carbocycles. The Bertz CT molecular complexity index is 635. The predicted octanol–water partition coefficient (Wildman–Crippen LogP) is 2.93. The SMILES string of the molecule is NCC1CCC(c2ccccc2)CC1n1ccccc1=O. The minimum atomic E-state index is 0.0784. The highest BCUT2D eigenvalue weighted by atomic mass is 16.1. The molecule has 0 saturated heterocycles. The third kappa shape index (κ3) is 2.93. The highest BCUT2D eigenvalue weighted by Gasteiger charge is 2.31. The summed E-state index contributed by atoms with van der Waals surface area (Å²) in [5.41, 5.74) is 7.41. The minimum absolute atomic E-state index is 0.0784. The lowest BCUT2D eigenvalue weighted by Crippen LogP contribution is -2.36. The fourth-order valence-corrected chi connectivity index (χ4v) is 3.57. The maximum Gasteiger partial charge on any atom is 0.250 e. The quantitative estimate of drug-likeness (QED) is 0.941. The van der Waals surface area contributed by atoms with Gasteiger partial charge in [0.25, 0.3) is 5.56 Å². The first-order valence-electron chi connectivity index (χ1n) is 7.71. The van der Waals surface area contributed by atoms with Gasteiger partial charge in [0.1, 0.15) is 0 Å². The van der Waals surface area contributed by atoms with Crippen molar-refractivity contribution >= 4 is 0 Å². The molecule has 2 aromatic rings. The van der Waals surface area contributed by atoms with E-state index in [9.17, 15) is 4.79 Å². The summed E-state index contributed by atoms with van der Waals surface area (Å²) in [7, 11) is 0. The van der Waals surface area contributed by atoms with E-state index in [4.69, 9.17) is 5.73 Å². The molecule has 1 aromatic heterocycles. The number of nitrogens with zero attached hydrogens (tertiary/aromatic N) is 1. The van der Waals surface area contributed by atoms with Gasteiger partial charge in [-0.1, -0.05) is 36.4 Å². The summed E-state index contributed by atoms with van der Waals surface area (Å²) in [5, 5.41) is 0. The summed E-state index contributed by atoms with van der Waals surface area (Å²) >= 11 is 0. The molecule has 1 aromatic carbocycles. The van der Waals surface area contributed by atoms with Gasteiger partial charge < -0.3 is 10.3 Å². The lowest BCUT2D eigenvalue weighted by Gasteiger charge is -2.37. The normalized spacial score (nSPS) is 25.7. The fourth-order valence-electron chi connectivity index (χ4n) is 3.57. The van der Waals surface area contributed by atoms with E-state index < -0.39 is 0 Å². The lowest BCUT2D eigenvalue weighted by atomic mass is 9.75. The van der Waals surface area contributed by atoms with Crippen molar-refractivity contribution in [2.24, 2.45) is 11.7 Å². The number of benzene rings is 1. The van der Waals surface area contributed by atoms with Crippen LogP contribution in [0.15, 0.2) is 59.5 Å². The van der Waals surface area contributed by atoms with Crippen LogP contribution in [0.4, 0.5) is 0 Å². The highest BCUT2D eigenvalue weighted by molar-refractivity contribution is 5.20. The average Bonchev–Trinajstić information content (AvgIpc) is 2.55. The Hall–Kier alpha value is -1.87. The Morgan fingerprint density at radius 3 is 2.52 bits per heavy atom. The van der Waals surface area contributed by atoms with Crippen LogP contribution in [0, 0.1) is 5.92 Å². The maximum atomic E-state index is 12.1. The van der Waals surface area contributed by atoms with Gasteiger partial charge in [-0.05, 0) is 49.3 Å². The molecular weight excluding hydrogens is 260 g/mol. The molecule has 0 amide bonds. The zero-order valence-corrected chi connectivity index (χ0v) is 12.2. The van der Waals surface area contributed by atoms with Crippen molar-refractivity contribution in [2.75, 3.05) is 6.54 Å². The van der Waals surface area contributed by atoms with E-state index in [0.29, 0.717) is 18.4 Å². The van der Waals surface area contributed by atoms with Gasteiger partial charge in [-0.2, -0.15) is 0 Å². The van der Waals surface area contributed by atoms with Crippen LogP contribution in [0.25, 0.3) is 0 Å². The van der Waals surface area contributed by atoms with Crippen molar-refractivity contribution < 1.29 is 0 Å². The first-order chi connectivity index (χ1) is 10.3. The average molecular weight is 282 g/mol. The topological polar surface area (TPSA) is 48.0 Å². The van der Waals surface area contributed by atoms with Crippen LogP contribution in [0.5, 0.6) is 0 Å². The smallest absolute Gasteiger partial charge is 0.250 e. The lowest BCUT2D eigenvalue weighted by molar-refractivity contribution is 0.219. The number of nitrogens with two attached hydrogens (primary N) is 1. The van der Waals surface area contributed by atoms with Gasteiger partial charge in [-0.3, -0.25) is 4.79 Å². The zero-order chi connectivity index (χ0) is 14.7. The van der Waals surface area contributed by atoms with E-state index in [-0.39, 0.29) is 11.6 Å². The molecule has 1 heterocycles. The third-order valence-electron chi connectivity index (χ3n) is 4.74. The molecule has 1 aliphatic carbocycles. The second-order valence-electron chi connectivity index (χ2n) is 5.93. The van der Waals surface area contributed by atoms with Gasteiger partial charge in [0.2, 0.25) is 0 Å². The van der Waals surface area contributed by atoms with E-state index in [1.54, 1.807) is 12.1 Å². The number of hydrogen-bond donors (Lipinski definition) is 1. The van der Waals surface area contributed by atoms with Crippen LogP contribution in [0.2, 0.25) is 0 Å². The number of rotatable bonds is 3. The Labute approximate surface area is 125 Å². The molecule has 1 aliphatic rings. The first kappa shape index (κ1) is 14.1. The van der Waals surface area contributed by atoms with Crippen molar-refractivity contribution in [3.63, 3.8) is 0 Å². The van der Waals surface area contributed by atoms with E-state index >= 15 is 0 Å². The van der Waals surface area contributed by atoms with Gasteiger partial charge in [0.15, 0.2) is 0 Å². The standard InChI is InChI=1S/C18H22N2O/c19-13-16-10-9-15(14-6-2-1-3-7-14)12-17(16)20-11-5-4-8-18(20)21/h1-8,11,15-17H,9-10,12-13,19H2. The fraction of sp³-hybridized carbons (Fsp3) is 0.389. The van der Waals surface area contributed by atoms with Crippen molar-refractivity contribution in [3.8, 4) is 0 Å². The first-order valence-corrected chi connectivity index (χ1v) is 7.71. The number of hydrogen-bond acceptors (Lipinski definition) is 2. The van der Waals surface area contributed by atoms with E-state index in [2.05, 4.69) is 24.3 Å². The monoisotopic (exact) mass is 282 g/mol. The maximum absolute atomic E-state index is 12.1. The zero-order valence-electron chi connectivity index (χ0n) is 12.2. The summed E-state index contributed by atoms with van der Waals surface area (Å²) in [4.78, 5) is 12.1. The van der Waals surface area contributed by atoms with Crippen LogP contribution in [-0.2, 0) is 0 Å². The molecule has 0 aliphatic heterocycles. The Morgan fingerprint density at radius 1 is 1.05 bits per heavy atom. The largest absolute Gasteiger partial charge is 0.330 e. The van der Waals surface area contributed by atoms with Gasteiger partial charge in [0, 0.05) is 18.3 Å². The summed E-state index contributed by atoms with van der Waals surface area (Å²) in [5.74, 6) is 0.913. The van der Waals surface area contributed by atoms with E-state index in [1.165, 1.54) is 5.56 Å². The Balaban J connectivity index is 1.89. The molecule has 3 nitrogen and oxygen atoms in total. The molecule has 0 spiro atoms. The molecule has 110 valence electrons. The molecule has 1 fully saturated rings. The van der Waals surface area contributed by atoms with Crippen LogP contribution < -0.4 is 11.3 Å². The van der Waals surface area contributed by atoms with Gasteiger partial charge in [-0.25, -0.2) is 0 Å². The second-order valence-corrected chi connectivity index (χ2v) is 5.93. The third-order valence-corrected chi connectivity index (χ3v) is 4.74. The van der Waals surface area contributed by atoms with Crippen LogP contribution in [0.3, 0.4) is 0 Å². The predicted molar refractivity (Wildman–Crippen MR) is 85.3 cm³/mol. The molecule has 0 bridgehead atoms. The Kier molecular flexibility index (Phi) is 4.20. The van der Waals surface area contributed by atoms with Crippen LogP contribution in [0.1, 0.15) is 36.8 Å². The van der Waals surface area contributed by atoms with Crippen molar-refractivity contribution in [1.82, 2.24) is 4.57 Å². The second kappa shape index (κ2) is 6.27. The van der Waals surface area contributed by atoms with Gasteiger partial charge in [-0.15, -0.1) is 0 Å². The molecule has 3 heteroatoms. The van der Waals surface area contributed by atoms with Gasteiger partial charge in [0.05, 0.1) is 0 Å². The molecule has 2 N–H and O–H groups in total. The van der Waals surface area contributed by atoms with Crippen LogP contribution >= 0.6 is 0 Å². The molecule has 21 heavy (non-hydrogen) atoms. The molecule has 3 atom stereocenters. The minimum Gasteiger partial charge on any atom is -0.330 e. The number of pyridine rings is 1. The highest BCUT2D eigenvalue weighted by Crippen LogP contribution is 2.41. The summed E-state index contributed by atoms with van der Waals surface area (Å²) in [6.45, 7) is 0.646. The van der Waals surface area contributed by atoms with Crippen molar-refractivity contribution in [1.29, 1.82) is 0 Å². The summed E-state index contributed by atoms with van der Waals surface area (Å²) < 4.78 is 1.88. The van der Waals surface area contributed by atoms with Crippen molar-refractivity contribution in [3.05, 3.63) is 70.6 Å². The van der Waals surface area contributed by atoms with Crippen molar-refractivity contribution in [2.45, 2.75) is 31.2 Å². The number of aromatic nitrogens is 1. The molecule has 3 unspecified atom stereocenters. The summed E-state index contributed by atoms with van der Waals surface area (Å²) in [6, 6.07) is 16.2. The van der Waals surface area contributed by atoms with Gasteiger partial charge >= 0.3 is 0 Å². The van der Waals surface area contributed by atoms with Crippen LogP contribution in [-0.4, -0.2) is 11.1 Å². The van der Waals surface area contributed by atoms with E-state index in [0.717, 1.165) is 19.3 Å². The molecule has 3 rings (SSSR count).